The van der Waals surface area contributed by atoms with Crippen LogP contribution < -0.4 is 0 Å². The van der Waals surface area contributed by atoms with E-state index in [4.69, 9.17) is 15.3 Å². The summed E-state index contributed by atoms with van der Waals surface area (Å²) in [6, 6.07) is -0.352. The molecule has 5 heteroatoms. The fraction of sp³-hybridized carbons (Fsp3) is 0. The topological polar surface area (TPSA) is 77.8 Å². The highest BCUT2D eigenvalue weighted by Crippen LogP contribution is 2.35. The predicted octanol–water partition coefficient (Wildman–Crippen LogP) is 0.913. The third kappa shape index (κ3) is 1.29. The molecule has 1 aromatic rings. The van der Waals surface area contributed by atoms with Crippen LogP contribution in [0.5, 0.6) is 17.2 Å². The van der Waals surface area contributed by atoms with Gasteiger partial charge in [0.25, 0.3) is 0 Å². The van der Waals surface area contributed by atoms with E-state index in [9.17, 15) is 9.18 Å². The van der Waals surface area contributed by atoms with Crippen molar-refractivity contribution in [3.05, 3.63) is 17.7 Å². The molecule has 0 bridgehead atoms. The molecule has 0 saturated carbocycles. The van der Waals surface area contributed by atoms with E-state index in [-0.39, 0.29) is 0 Å². The SMILES string of the molecule is O=C(F)c1cc(O)c(O)c(O)c1. The average molecular weight is 172 g/mol. The Hall–Kier alpha value is -1.78. The van der Waals surface area contributed by atoms with Gasteiger partial charge in [0.15, 0.2) is 17.2 Å². The van der Waals surface area contributed by atoms with E-state index >= 15 is 0 Å². The first kappa shape index (κ1) is 8.32. The second kappa shape index (κ2) is 2.69. The Labute approximate surface area is 66.5 Å². The summed E-state index contributed by atoms with van der Waals surface area (Å²) in [6.45, 7) is 0. The minimum absolute atomic E-state index is 0.511. The van der Waals surface area contributed by atoms with Gasteiger partial charge in [0.2, 0.25) is 0 Å². The highest BCUT2D eigenvalue weighted by atomic mass is 19.1. The van der Waals surface area contributed by atoms with Gasteiger partial charge in [0, 0.05) is 0 Å². The van der Waals surface area contributed by atoms with Crippen LogP contribution in [0.25, 0.3) is 0 Å². The van der Waals surface area contributed by atoms with Crippen molar-refractivity contribution >= 4 is 6.04 Å². The molecular formula is C7H5FO4. The molecule has 64 valence electrons. The number of carbonyl (C=O) groups excluding carboxylic acids is 1. The number of carbonyl (C=O) groups is 1. The molecule has 0 fully saturated rings. The molecule has 0 aromatic heterocycles. The predicted molar refractivity (Wildman–Crippen MR) is 36.9 cm³/mol. The summed E-state index contributed by atoms with van der Waals surface area (Å²) >= 11 is 0. The van der Waals surface area contributed by atoms with E-state index in [1.807, 2.05) is 0 Å². The zero-order chi connectivity index (χ0) is 9.30. The van der Waals surface area contributed by atoms with Crippen LogP contribution in [0.2, 0.25) is 0 Å². The molecule has 0 saturated heterocycles. The molecule has 0 radical (unpaired) electrons. The molecule has 4 nitrogen and oxygen atoms in total. The molecule has 0 atom stereocenters. The smallest absolute Gasteiger partial charge is 0.332 e. The van der Waals surface area contributed by atoms with Gasteiger partial charge in [-0.25, -0.2) is 0 Å². The summed E-state index contributed by atoms with van der Waals surface area (Å²) in [7, 11) is 0. The summed E-state index contributed by atoms with van der Waals surface area (Å²) < 4.78 is 12.0. The molecule has 12 heavy (non-hydrogen) atoms. The van der Waals surface area contributed by atoms with Crippen LogP contribution in [0.4, 0.5) is 4.39 Å². The molecule has 0 amide bonds. The Morgan fingerprint density at radius 1 is 1.17 bits per heavy atom. The third-order valence-corrected chi connectivity index (χ3v) is 1.30. The van der Waals surface area contributed by atoms with Gasteiger partial charge in [-0.3, -0.25) is 4.79 Å². The lowest BCUT2D eigenvalue weighted by molar-refractivity contribution is 0.0835. The van der Waals surface area contributed by atoms with Crippen molar-refractivity contribution in [2.24, 2.45) is 0 Å². The lowest BCUT2D eigenvalue weighted by Gasteiger charge is -2.00. The molecular weight excluding hydrogens is 167 g/mol. The van der Waals surface area contributed by atoms with Gasteiger partial charge >= 0.3 is 6.04 Å². The average Bonchev–Trinajstić information content (AvgIpc) is 1.99. The van der Waals surface area contributed by atoms with Crippen molar-refractivity contribution in [3.63, 3.8) is 0 Å². The molecule has 0 heterocycles. The number of halogens is 1. The van der Waals surface area contributed by atoms with Gasteiger partial charge in [-0.15, -0.1) is 0 Å². The number of hydrogen-bond donors (Lipinski definition) is 3. The fourth-order valence-electron chi connectivity index (χ4n) is 0.718. The monoisotopic (exact) mass is 172 g/mol. The van der Waals surface area contributed by atoms with E-state index in [0.29, 0.717) is 0 Å². The van der Waals surface area contributed by atoms with Gasteiger partial charge < -0.3 is 15.3 Å². The highest BCUT2D eigenvalue weighted by molar-refractivity contribution is 5.90. The summed E-state index contributed by atoms with van der Waals surface area (Å²) in [6.07, 6.45) is 0. The summed E-state index contributed by atoms with van der Waals surface area (Å²) in [4.78, 5) is 10.1. The standard InChI is InChI=1S/C7H5FO4/c8-7(12)3-1-4(9)6(11)5(10)2-3/h1-2,9-11H. The van der Waals surface area contributed by atoms with Crippen LogP contribution in [-0.4, -0.2) is 21.4 Å². The van der Waals surface area contributed by atoms with Gasteiger partial charge in [-0.2, -0.15) is 4.39 Å². The molecule has 0 aliphatic carbocycles. The molecule has 0 aliphatic heterocycles. The van der Waals surface area contributed by atoms with Gasteiger partial charge in [0.05, 0.1) is 5.56 Å². The van der Waals surface area contributed by atoms with Gasteiger partial charge in [-0.1, -0.05) is 0 Å². The summed E-state index contributed by atoms with van der Waals surface area (Å²) in [5.41, 5.74) is -0.511. The number of aromatic hydroxyl groups is 3. The van der Waals surface area contributed by atoms with Gasteiger partial charge in [0.1, 0.15) is 0 Å². The van der Waals surface area contributed by atoms with Crippen LogP contribution in [0.3, 0.4) is 0 Å². The number of phenols is 3. The van der Waals surface area contributed by atoms with Crippen molar-refractivity contribution in [1.82, 2.24) is 0 Å². The minimum atomic E-state index is -1.79. The van der Waals surface area contributed by atoms with E-state index in [1.165, 1.54) is 0 Å². The van der Waals surface area contributed by atoms with Crippen molar-refractivity contribution in [3.8, 4) is 17.2 Å². The highest BCUT2D eigenvalue weighted by Gasteiger charge is 2.12. The van der Waals surface area contributed by atoms with E-state index in [1.54, 1.807) is 0 Å². The van der Waals surface area contributed by atoms with Crippen molar-refractivity contribution < 1.29 is 24.5 Å². The summed E-state index contributed by atoms with van der Waals surface area (Å²) in [5.74, 6) is -2.26. The Morgan fingerprint density at radius 3 is 1.92 bits per heavy atom. The molecule has 0 spiro atoms. The number of rotatable bonds is 1. The molecule has 1 rings (SSSR count). The van der Waals surface area contributed by atoms with Crippen LogP contribution in [0.1, 0.15) is 10.4 Å². The first-order chi connectivity index (χ1) is 5.52. The fourth-order valence-corrected chi connectivity index (χ4v) is 0.718. The van der Waals surface area contributed by atoms with E-state index < -0.39 is 28.8 Å². The van der Waals surface area contributed by atoms with E-state index in [0.717, 1.165) is 12.1 Å². The molecule has 0 aliphatic rings. The van der Waals surface area contributed by atoms with Crippen LogP contribution >= 0.6 is 0 Å². The summed E-state index contributed by atoms with van der Waals surface area (Å²) in [5, 5.41) is 26.4. The quantitative estimate of drug-likeness (QED) is 0.434. The normalized spacial score (nSPS) is 9.75. The maximum absolute atomic E-state index is 12.0. The molecule has 1 aromatic carbocycles. The largest absolute Gasteiger partial charge is 0.504 e. The first-order valence-corrected chi connectivity index (χ1v) is 2.97. The number of phenolic OH excluding ortho intramolecular Hbond substituents is 3. The first-order valence-electron chi connectivity index (χ1n) is 2.97. The van der Waals surface area contributed by atoms with Crippen LogP contribution in [0.15, 0.2) is 12.1 Å². The Morgan fingerprint density at radius 2 is 1.58 bits per heavy atom. The van der Waals surface area contributed by atoms with Crippen molar-refractivity contribution in [1.29, 1.82) is 0 Å². The number of hydrogen-bond acceptors (Lipinski definition) is 4. The second-order valence-corrected chi connectivity index (χ2v) is 2.14. The van der Waals surface area contributed by atoms with Crippen molar-refractivity contribution in [2.75, 3.05) is 0 Å². The molecule has 0 unspecified atom stereocenters. The lowest BCUT2D eigenvalue weighted by atomic mass is 10.2. The molecule has 3 N–H and O–H groups in total. The zero-order valence-electron chi connectivity index (χ0n) is 5.78. The Balaban J connectivity index is 3.31. The van der Waals surface area contributed by atoms with Crippen LogP contribution in [0, 0.1) is 0 Å². The van der Waals surface area contributed by atoms with E-state index in [2.05, 4.69) is 0 Å². The zero-order valence-corrected chi connectivity index (χ0v) is 5.78. The van der Waals surface area contributed by atoms with Crippen LogP contribution in [-0.2, 0) is 0 Å². The maximum atomic E-state index is 12.0. The Bertz CT molecular complexity index is 311. The Kier molecular flexibility index (Phi) is 1.86. The second-order valence-electron chi connectivity index (χ2n) is 2.14. The maximum Gasteiger partial charge on any atom is 0.332 e. The number of benzene rings is 1. The lowest BCUT2D eigenvalue weighted by Crippen LogP contribution is -1.89. The minimum Gasteiger partial charge on any atom is -0.504 e. The third-order valence-electron chi connectivity index (χ3n) is 1.30. The van der Waals surface area contributed by atoms with Gasteiger partial charge in [-0.05, 0) is 12.1 Å². The van der Waals surface area contributed by atoms with Crippen molar-refractivity contribution in [2.45, 2.75) is 0 Å².